The van der Waals surface area contributed by atoms with E-state index in [0.717, 1.165) is 6.42 Å². The number of benzene rings is 1. The minimum atomic E-state index is -0.550. The lowest BCUT2D eigenvalue weighted by Gasteiger charge is -2.12. The summed E-state index contributed by atoms with van der Waals surface area (Å²) in [5, 5.41) is 0. The van der Waals surface area contributed by atoms with Crippen LogP contribution in [0.25, 0.3) is 0 Å². The van der Waals surface area contributed by atoms with Crippen LogP contribution in [0.4, 0.5) is 5.69 Å². The van der Waals surface area contributed by atoms with Gasteiger partial charge in [0.05, 0.1) is 18.8 Å². The Balaban J connectivity index is 2.15. The predicted molar refractivity (Wildman–Crippen MR) is 59.2 cm³/mol. The van der Waals surface area contributed by atoms with Crippen molar-refractivity contribution >= 4 is 11.6 Å². The van der Waals surface area contributed by atoms with Gasteiger partial charge < -0.3 is 20.9 Å². The first kappa shape index (κ1) is 10.8. The van der Waals surface area contributed by atoms with Gasteiger partial charge in [0.2, 0.25) is 0 Å². The molecule has 1 aromatic rings. The summed E-state index contributed by atoms with van der Waals surface area (Å²) in [5.74, 6) is 0.0455. The van der Waals surface area contributed by atoms with Crippen LogP contribution in [-0.2, 0) is 4.74 Å². The van der Waals surface area contributed by atoms with Crippen molar-refractivity contribution < 1.29 is 14.3 Å². The molecule has 1 fully saturated rings. The van der Waals surface area contributed by atoms with Crippen LogP contribution in [0.2, 0.25) is 0 Å². The maximum atomic E-state index is 11.1. The van der Waals surface area contributed by atoms with E-state index in [9.17, 15) is 4.79 Å². The maximum absolute atomic E-state index is 11.1. The van der Waals surface area contributed by atoms with Gasteiger partial charge in [0.25, 0.3) is 5.91 Å². The van der Waals surface area contributed by atoms with Crippen LogP contribution in [0.5, 0.6) is 5.75 Å². The van der Waals surface area contributed by atoms with Crippen LogP contribution in [0, 0.1) is 0 Å². The molecular weight excluding hydrogens is 208 g/mol. The number of nitrogens with two attached hydrogens (primary N) is 2. The summed E-state index contributed by atoms with van der Waals surface area (Å²) in [5.41, 5.74) is 11.5. The van der Waals surface area contributed by atoms with Crippen LogP contribution in [-0.4, -0.2) is 25.2 Å². The zero-order valence-electron chi connectivity index (χ0n) is 8.81. The molecule has 86 valence electrons. The van der Waals surface area contributed by atoms with Crippen LogP contribution in [0.3, 0.4) is 0 Å². The summed E-state index contributed by atoms with van der Waals surface area (Å²) in [6.45, 7) is 1.29. The van der Waals surface area contributed by atoms with E-state index in [1.165, 1.54) is 0 Å². The van der Waals surface area contributed by atoms with E-state index >= 15 is 0 Å². The molecule has 4 N–H and O–H groups in total. The van der Waals surface area contributed by atoms with Gasteiger partial charge in [0.1, 0.15) is 11.9 Å². The quantitative estimate of drug-likeness (QED) is 0.730. The molecule has 2 rings (SSSR count). The van der Waals surface area contributed by atoms with Crippen molar-refractivity contribution in [1.29, 1.82) is 0 Å². The molecule has 1 aliphatic rings. The highest BCUT2D eigenvalue weighted by molar-refractivity contribution is 5.98. The zero-order valence-corrected chi connectivity index (χ0v) is 8.81. The standard InChI is InChI=1S/C11H14N2O3/c12-10-2-1-7(5-9(10)11(13)14)16-8-3-4-15-6-8/h1-2,5,8H,3-4,6,12H2,(H2,13,14). The van der Waals surface area contributed by atoms with Gasteiger partial charge >= 0.3 is 0 Å². The first-order chi connectivity index (χ1) is 7.66. The Morgan fingerprint density at radius 1 is 1.50 bits per heavy atom. The molecule has 0 bridgehead atoms. The molecule has 0 aliphatic carbocycles. The van der Waals surface area contributed by atoms with Crippen LogP contribution >= 0.6 is 0 Å². The third-order valence-electron chi connectivity index (χ3n) is 2.48. The molecule has 0 radical (unpaired) electrons. The largest absolute Gasteiger partial charge is 0.488 e. The van der Waals surface area contributed by atoms with E-state index in [1.807, 2.05) is 0 Å². The fourth-order valence-electron chi connectivity index (χ4n) is 1.62. The summed E-state index contributed by atoms with van der Waals surface area (Å²) in [6.07, 6.45) is 0.903. The highest BCUT2D eigenvalue weighted by Crippen LogP contribution is 2.22. The van der Waals surface area contributed by atoms with Gasteiger partial charge in [-0.3, -0.25) is 4.79 Å². The summed E-state index contributed by atoms with van der Waals surface area (Å²) < 4.78 is 10.8. The summed E-state index contributed by atoms with van der Waals surface area (Å²) >= 11 is 0. The summed E-state index contributed by atoms with van der Waals surface area (Å²) in [4.78, 5) is 11.1. The Kier molecular flexibility index (Phi) is 2.96. The number of hydrogen-bond donors (Lipinski definition) is 2. The summed E-state index contributed by atoms with van der Waals surface area (Å²) in [7, 11) is 0. The predicted octanol–water partition coefficient (Wildman–Crippen LogP) is 0.535. The number of hydrogen-bond acceptors (Lipinski definition) is 4. The third kappa shape index (κ3) is 2.25. The van der Waals surface area contributed by atoms with Gasteiger partial charge in [0.15, 0.2) is 0 Å². The van der Waals surface area contributed by atoms with E-state index < -0.39 is 5.91 Å². The van der Waals surface area contributed by atoms with Crippen LogP contribution in [0.1, 0.15) is 16.8 Å². The van der Waals surface area contributed by atoms with E-state index in [2.05, 4.69) is 0 Å². The number of nitrogen functional groups attached to an aromatic ring is 1. The highest BCUT2D eigenvalue weighted by atomic mass is 16.5. The molecule has 1 aromatic carbocycles. The Morgan fingerprint density at radius 2 is 2.31 bits per heavy atom. The molecule has 0 saturated carbocycles. The molecule has 5 heteroatoms. The lowest BCUT2D eigenvalue weighted by atomic mass is 10.1. The van der Waals surface area contributed by atoms with Gasteiger partial charge in [-0.2, -0.15) is 0 Å². The molecule has 1 atom stereocenters. The lowest BCUT2D eigenvalue weighted by molar-refractivity contribution is 0.1000. The fourth-order valence-corrected chi connectivity index (χ4v) is 1.62. The first-order valence-corrected chi connectivity index (χ1v) is 5.10. The molecule has 0 spiro atoms. The first-order valence-electron chi connectivity index (χ1n) is 5.10. The topological polar surface area (TPSA) is 87.6 Å². The van der Waals surface area contributed by atoms with Crippen molar-refractivity contribution in [3.63, 3.8) is 0 Å². The fraction of sp³-hybridized carbons (Fsp3) is 0.364. The maximum Gasteiger partial charge on any atom is 0.250 e. The molecule has 1 unspecified atom stereocenters. The van der Waals surface area contributed by atoms with Gasteiger partial charge in [-0.05, 0) is 18.2 Å². The van der Waals surface area contributed by atoms with Gasteiger partial charge in [-0.25, -0.2) is 0 Å². The summed E-state index contributed by atoms with van der Waals surface area (Å²) in [6, 6.07) is 4.90. The Hall–Kier alpha value is -1.75. The number of carbonyl (C=O) groups excluding carboxylic acids is 1. The highest BCUT2D eigenvalue weighted by Gasteiger charge is 2.18. The molecule has 0 aromatic heterocycles. The lowest BCUT2D eigenvalue weighted by Crippen LogP contribution is -2.17. The Labute approximate surface area is 93.3 Å². The molecule has 1 amide bonds. The second kappa shape index (κ2) is 4.40. The Morgan fingerprint density at radius 3 is 2.94 bits per heavy atom. The third-order valence-corrected chi connectivity index (χ3v) is 2.48. The van der Waals surface area contributed by atoms with Crippen molar-refractivity contribution in [3.8, 4) is 5.75 Å². The number of anilines is 1. The van der Waals surface area contributed by atoms with E-state index in [1.54, 1.807) is 18.2 Å². The van der Waals surface area contributed by atoms with Crippen LogP contribution < -0.4 is 16.2 Å². The van der Waals surface area contributed by atoms with Crippen molar-refractivity contribution in [3.05, 3.63) is 23.8 Å². The van der Waals surface area contributed by atoms with E-state index in [-0.39, 0.29) is 11.7 Å². The number of ether oxygens (including phenoxy) is 2. The number of carbonyl (C=O) groups is 1. The molecule has 16 heavy (non-hydrogen) atoms. The van der Waals surface area contributed by atoms with Gasteiger partial charge in [0, 0.05) is 12.1 Å². The number of amides is 1. The Bertz CT molecular complexity index is 400. The smallest absolute Gasteiger partial charge is 0.250 e. The van der Waals surface area contributed by atoms with Crippen LogP contribution in [0.15, 0.2) is 18.2 Å². The van der Waals surface area contributed by atoms with Crippen molar-refractivity contribution in [1.82, 2.24) is 0 Å². The van der Waals surface area contributed by atoms with Gasteiger partial charge in [-0.15, -0.1) is 0 Å². The monoisotopic (exact) mass is 222 g/mol. The van der Waals surface area contributed by atoms with Crippen molar-refractivity contribution in [2.45, 2.75) is 12.5 Å². The number of rotatable bonds is 3. The zero-order chi connectivity index (χ0) is 11.5. The van der Waals surface area contributed by atoms with Crippen molar-refractivity contribution in [2.75, 3.05) is 18.9 Å². The minimum absolute atomic E-state index is 0.0457. The van der Waals surface area contributed by atoms with Gasteiger partial charge in [-0.1, -0.05) is 0 Å². The molecular formula is C11H14N2O3. The second-order valence-electron chi connectivity index (χ2n) is 3.72. The molecule has 5 nitrogen and oxygen atoms in total. The van der Waals surface area contributed by atoms with E-state index in [4.69, 9.17) is 20.9 Å². The molecule has 1 saturated heterocycles. The minimum Gasteiger partial charge on any atom is -0.488 e. The molecule has 1 heterocycles. The average Bonchev–Trinajstić information content (AvgIpc) is 2.73. The average molecular weight is 222 g/mol. The van der Waals surface area contributed by atoms with E-state index in [0.29, 0.717) is 24.7 Å². The molecule has 1 aliphatic heterocycles. The van der Waals surface area contributed by atoms with Crippen molar-refractivity contribution in [2.24, 2.45) is 5.73 Å². The second-order valence-corrected chi connectivity index (χ2v) is 3.72. The normalized spacial score (nSPS) is 19.6. The number of primary amides is 1. The SMILES string of the molecule is NC(=O)c1cc(OC2CCOC2)ccc1N.